The van der Waals surface area contributed by atoms with Gasteiger partial charge in [-0.3, -0.25) is 9.78 Å². The van der Waals surface area contributed by atoms with Gasteiger partial charge in [-0.25, -0.2) is 4.98 Å². The molecule has 6 heteroatoms. The first-order valence-corrected chi connectivity index (χ1v) is 10.5. The first-order chi connectivity index (χ1) is 15.2. The SMILES string of the molecule is Cc1cccc(OCCn2c(CCCNC(=O)c3cccnc3)nc3ccccc32)c1. The molecule has 0 saturated heterocycles. The molecule has 0 aliphatic rings. The molecule has 2 heterocycles. The van der Waals surface area contributed by atoms with E-state index in [-0.39, 0.29) is 5.91 Å². The molecule has 2 aromatic carbocycles. The maximum Gasteiger partial charge on any atom is 0.252 e. The molecule has 6 nitrogen and oxygen atoms in total. The number of imidazole rings is 1. The molecule has 1 N–H and O–H groups in total. The summed E-state index contributed by atoms with van der Waals surface area (Å²) in [4.78, 5) is 21.0. The average molecular weight is 415 g/mol. The minimum atomic E-state index is -0.104. The summed E-state index contributed by atoms with van der Waals surface area (Å²) in [5.41, 5.74) is 3.83. The van der Waals surface area contributed by atoms with Crippen LogP contribution >= 0.6 is 0 Å². The number of amides is 1. The van der Waals surface area contributed by atoms with E-state index in [1.807, 2.05) is 36.4 Å². The van der Waals surface area contributed by atoms with E-state index in [4.69, 9.17) is 9.72 Å². The molecule has 31 heavy (non-hydrogen) atoms. The summed E-state index contributed by atoms with van der Waals surface area (Å²) in [5.74, 6) is 1.78. The summed E-state index contributed by atoms with van der Waals surface area (Å²) in [7, 11) is 0. The monoisotopic (exact) mass is 414 g/mol. The summed E-state index contributed by atoms with van der Waals surface area (Å²) >= 11 is 0. The average Bonchev–Trinajstić information content (AvgIpc) is 3.15. The van der Waals surface area contributed by atoms with Crippen molar-refractivity contribution in [3.05, 3.63) is 90.0 Å². The number of rotatable bonds is 9. The molecular formula is C25H26N4O2. The molecule has 4 aromatic rings. The Bertz CT molecular complexity index is 1150. The Morgan fingerprint density at radius 3 is 2.84 bits per heavy atom. The van der Waals surface area contributed by atoms with Crippen LogP contribution < -0.4 is 10.1 Å². The van der Waals surface area contributed by atoms with Gasteiger partial charge in [-0.05, 0) is 55.3 Å². The van der Waals surface area contributed by atoms with E-state index in [9.17, 15) is 4.79 Å². The lowest BCUT2D eigenvalue weighted by Gasteiger charge is -2.11. The number of aromatic nitrogens is 3. The molecule has 0 saturated carbocycles. The summed E-state index contributed by atoms with van der Waals surface area (Å²) < 4.78 is 8.17. The number of carbonyl (C=O) groups excluding carboxylic acids is 1. The zero-order valence-corrected chi connectivity index (χ0v) is 17.6. The lowest BCUT2D eigenvalue weighted by Crippen LogP contribution is -2.25. The fraction of sp³-hybridized carbons (Fsp3) is 0.240. The van der Waals surface area contributed by atoms with Gasteiger partial charge in [-0.15, -0.1) is 0 Å². The van der Waals surface area contributed by atoms with Gasteiger partial charge in [-0.2, -0.15) is 0 Å². The van der Waals surface area contributed by atoms with Crippen LogP contribution in [0.3, 0.4) is 0 Å². The van der Waals surface area contributed by atoms with Crippen molar-refractivity contribution in [1.29, 1.82) is 0 Å². The number of benzene rings is 2. The van der Waals surface area contributed by atoms with Gasteiger partial charge in [0.05, 0.1) is 23.1 Å². The van der Waals surface area contributed by atoms with Crippen LogP contribution in [-0.2, 0) is 13.0 Å². The molecule has 0 radical (unpaired) electrons. The second-order valence-electron chi connectivity index (χ2n) is 7.43. The molecule has 1 amide bonds. The normalized spacial score (nSPS) is 10.9. The molecule has 0 aliphatic carbocycles. The smallest absolute Gasteiger partial charge is 0.252 e. The Balaban J connectivity index is 1.37. The quantitative estimate of drug-likeness (QED) is 0.417. The lowest BCUT2D eigenvalue weighted by atomic mass is 10.2. The number of carbonyl (C=O) groups is 1. The third kappa shape index (κ3) is 5.28. The second-order valence-corrected chi connectivity index (χ2v) is 7.43. The lowest BCUT2D eigenvalue weighted by molar-refractivity contribution is 0.0952. The van der Waals surface area contributed by atoms with E-state index in [0.717, 1.165) is 35.4 Å². The highest BCUT2D eigenvalue weighted by Gasteiger charge is 2.11. The number of hydrogen-bond donors (Lipinski definition) is 1. The number of hydrogen-bond acceptors (Lipinski definition) is 4. The van der Waals surface area contributed by atoms with Gasteiger partial charge >= 0.3 is 0 Å². The molecule has 0 fully saturated rings. The van der Waals surface area contributed by atoms with Crippen LogP contribution in [0.15, 0.2) is 73.1 Å². The molecule has 0 aliphatic heterocycles. The van der Waals surface area contributed by atoms with Gasteiger partial charge in [0.2, 0.25) is 0 Å². The first-order valence-electron chi connectivity index (χ1n) is 10.5. The van der Waals surface area contributed by atoms with E-state index in [2.05, 4.69) is 33.9 Å². The molecular weight excluding hydrogens is 388 g/mol. The molecule has 0 bridgehead atoms. The zero-order valence-electron chi connectivity index (χ0n) is 17.6. The summed E-state index contributed by atoms with van der Waals surface area (Å²) in [6.07, 6.45) is 4.80. The van der Waals surface area contributed by atoms with Crippen LogP contribution in [0.1, 0.15) is 28.2 Å². The number of para-hydroxylation sites is 2. The fourth-order valence-corrected chi connectivity index (χ4v) is 3.57. The van der Waals surface area contributed by atoms with Gasteiger partial charge in [0.15, 0.2) is 0 Å². The van der Waals surface area contributed by atoms with E-state index in [1.165, 1.54) is 5.56 Å². The molecule has 0 unspecified atom stereocenters. The van der Waals surface area contributed by atoms with Gasteiger partial charge < -0.3 is 14.6 Å². The fourth-order valence-electron chi connectivity index (χ4n) is 3.57. The predicted octanol–water partition coefficient (Wildman–Crippen LogP) is 4.18. The number of nitrogens with zero attached hydrogens (tertiary/aromatic N) is 3. The maximum atomic E-state index is 12.2. The molecule has 0 atom stereocenters. The molecule has 2 aromatic heterocycles. The van der Waals surface area contributed by atoms with Crippen molar-refractivity contribution >= 4 is 16.9 Å². The van der Waals surface area contributed by atoms with Crippen LogP contribution in [0.4, 0.5) is 0 Å². The van der Waals surface area contributed by atoms with Crippen LogP contribution in [0.5, 0.6) is 5.75 Å². The highest BCUT2D eigenvalue weighted by atomic mass is 16.5. The van der Waals surface area contributed by atoms with Crippen LogP contribution in [0.2, 0.25) is 0 Å². The Morgan fingerprint density at radius 2 is 2.00 bits per heavy atom. The predicted molar refractivity (Wildman–Crippen MR) is 121 cm³/mol. The molecule has 4 rings (SSSR count). The van der Waals surface area contributed by atoms with Crippen molar-refractivity contribution in [1.82, 2.24) is 19.9 Å². The first kappa shape index (κ1) is 20.6. The second kappa shape index (κ2) is 9.89. The Kier molecular flexibility index (Phi) is 6.57. The van der Waals surface area contributed by atoms with E-state index >= 15 is 0 Å². The van der Waals surface area contributed by atoms with Gasteiger partial charge in [0.1, 0.15) is 18.2 Å². The molecule has 0 spiro atoms. The van der Waals surface area contributed by atoms with Crippen LogP contribution in [0, 0.1) is 6.92 Å². The third-order valence-electron chi connectivity index (χ3n) is 5.09. The number of ether oxygens (including phenoxy) is 1. The Hall–Kier alpha value is -3.67. The minimum Gasteiger partial charge on any atom is -0.492 e. The maximum absolute atomic E-state index is 12.2. The van der Waals surface area contributed by atoms with E-state index in [1.54, 1.807) is 24.5 Å². The van der Waals surface area contributed by atoms with Crippen molar-refractivity contribution in [2.45, 2.75) is 26.3 Å². The Morgan fingerprint density at radius 1 is 1.10 bits per heavy atom. The van der Waals surface area contributed by atoms with Gasteiger partial charge in [0.25, 0.3) is 5.91 Å². The van der Waals surface area contributed by atoms with Crippen molar-refractivity contribution in [3.8, 4) is 5.75 Å². The van der Waals surface area contributed by atoms with Crippen molar-refractivity contribution < 1.29 is 9.53 Å². The summed E-state index contributed by atoms with van der Waals surface area (Å²) in [5, 5.41) is 2.95. The van der Waals surface area contributed by atoms with E-state index in [0.29, 0.717) is 25.3 Å². The van der Waals surface area contributed by atoms with Crippen molar-refractivity contribution in [3.63, 3.8) is 0 Å². The number of aryl methyl sites for hydroxylation is 2. The largest absolute Gasteiger partial charge is 0.492 e. The number of pyridine rings is 1. The van der Waals surface area contributed by atoms with Crippen LogP contribution in [0.25, 0.3) is 11.0 Å². The highest BCUT2D eigenvalue weighted by Crippen LogP contribution is 2.18. The zero-order chi connectivity index (χ0) is 21.5. The third-order valence-corrected chi connectivity index (χ3v) is 5.09. The van der Waals surface area contributed by atoms with Crippen molar-refractivity contribution in [2.75, 3.05) is 13.2 Å². The van der Waals surface area contributed by atoms with Gasteiger partial charge in [0, 0.05) is 25.4 Å². The Labute approximate surface area is 181 Å². The number of fused-ring (bicyclic) bond motifs is 1. The number of nitrogens with one attached hydrogen (secondary N) is 1. The summed E-state index contributed by atoms with van der Waals surface area (Å²) in [6.45, 7) is 3.92. The van der Waals surface area contributed by atoms with E-state index < -0.39 is 0 Å². The summed E-state index contributed by atoms with van der Waals surface area (Å²) in [6, 6.07) is 19.7. The van der Waals surface area contributed by atoms with Gasteiger partial charge in [-0.1, -0.05) is 24.3 Å². The topological polar surface area (TPSA) is 69.0 Å². The molecule has 158 valence electrons. The van der Waals surface area contributed by atoms with Crippen molar-refractivity contribution in [2.24, 2.45) is 0 Å². The van der Waals surface area contributed by atoms with Crippen LogP contribution in [-0.4, -0.2) is 33.6 Å². The highest BCUT2D eigenvalue weighted by molar-refractivity contribution is 5.93. The minimum absolute atomic E-state index is 0.104. The standard InChI is InChI=1S/C25H26N4O2/c1-19-7-4-9-21(17-19)31-16-15-29-23-11-3-2-10-22(23)28-24(29)12-6-14-27-25(30)20-8-5-13-26-18-20/h2-5,7-11,13,17-18H,6,12,14-16H2,1H3,(H,27,30).